The van der Waals surface area contributed by atoms with Crippen LogP contribution < -0.4 is 10.5 Å². The van der Waals surface area contributed by atoms with Gasteiger partial charge in [0, 0.05) is 24.0 Å². The standard InChI is InChI=1S/C13H14ClN3O2S/c1-9-8-16-5-4-13(9)17-20(18,19)11-3-2-10(7-15)12(14)6-11/h2-6,8H,7,15H2,1H3,(H,16,17). The minimum Gasteiger partial charge on any atom is -0.326 e. The Balaban J connectivity index is 2.36. The number of anilines is 1. The molecule has 0 aliphatic carbocycles. The number of aromatic nitrogens is 1. The Hall–Kier alpha value is -1.63. The van der Waals surface area contributed by atoms with Gasteiger partial charge in [0.1, 0.15) is 0 Å². The molecule has 2 aromatic rings. The van der Waals surface area contributed by atoms with E-state index in [-0.39, 0.29) is 11.4 Å². The zero-order valence-electron chi connectivity index (χ0n) is 10.8. The highest BCUT2D eigenvalue weighted by Gasteiger charge is 2.16. The van der Waals surface area contributed by atoms with Gasteiger partial charge in [0.2, 0.25) is 0 Å². The van der Waals surface area contributed by atoms with Crippen LogP contribution in [0.15, 0.2) is 41.6 Å². The summed E-state index contributed by atoms with van der Waals surface area (Å²) in [6.45, 7) is 2.03. The summed E-state index contributed by atoms with van der Waals surface area (Å²) >= 11 is 5.99. The van der Waals surface area contributed by atoms with Crippen LogP contribution in [0.1, 0.15) is 11.1 Å². The smallest absolute Gasteiger partial charge is 0.261 e. The second-order valence-corrected chi connectivity index (χ2v) is 6.34. The first-order chi connectivity index (χ1) is 9.44. The molecular weight excluding hydrogens is 298 g/mol. The molecule has 0 atom stereocenters. The largest absolute Gasteiger partial charge is 0.326 e. The number of hydrogen-bond donors (Lipinski definition) is 2. The second kappa shape index (κ2) is 5.78. The van der Waals surface area contributed by atoms with Crippen molar-refractivity contribution in [2.75, 3.05) is 4.72 Å². The third kappa shape index (κ3) is 3.09. The van der Waals surface area contributed by atoms with Crippen molar-refractivity contribution >= 4 is 27.3 Å². The molecule has 0 aliphatic rings. The summed E-state index contributed by atoms with van der Waals surface area (Å²) in [4.78, 5) is 4.01. The van der Waals surface area contributed by atoms with Gasteiger partial charge in [-0.3, -0.25) is 9.71 Å². The molecule has 106 valence electrons. The van der Waals surface area contributed by atoms with Crippen LogP contribution in [0.25, 0.3) is 0 Å². The van der Waals surface area contributed by atoms with Crippen molar-refractivity contribution in [3.8, 4) is 0 Å². The van der Waals surface area contributed by atoms with Gasteiger partial charge in [-0.2, -0.15) is 0 Å². The predicted molar refractivity (Wildman–Crippen MR) is 79.1 cm³/mol. The van der Waals surface area contributed by atoms with Crippen molar-refractivity contribution in [2.24, 2.45) is 5.73 Å². The highest BCUT2D eigenvalue weighted by molar-refractivity contribution is 7.92. The van der Waals surface area contributed by atoms with Crippen LogP contribution in [0.4, 0.5) is 5.69 Å². The zero-order valence-corrected chi connectivity index (χ0v) is 12.4. The van der Waals surface area contributed by atoms with Crippen LogP contribution in [0.5, 0.6) is 0 Å². The third-order valence-electron chi connectivity index (χ3n) is 2.82. The average molecular weight is 312 g/mol. The van der Waals surface area contributed by atoms with E-state index in [9.17, 15) is 8.42 Å². The number of pyridine rings is 1. The molecule has 3 N–H and O–H groups in total. The number of aryl methyl sites for hydroxylation is 1. The van der Waals surface area contributed by atoms with Gasteiger partial charge in [-0.15, -0.1) is 0 Å². The van der Waals surface area contributed by atoms with Crippen molar-refractivity contribution in [3.05, 3.63) is 52.8 Å². The lowest BCUT2D eigenvalue weighted by Crippen LogP contribution is -2.14. The fourth-order valence-electron chi connectivity index (χ4n) is 1.65. The molecule has 0 amide bonds. The second-order valence-electron chi connectivity index (χ2n) is 4.25. The van der Waals surface area contributed by atoms with Crippen molar-refractivity contribution in [2.45, 2.75) is 18.4 Å². The lowest BCUT2D eigenvalue weighted by Gasteiger charge is -2.11. The van der Waals surface area contributed by atoms with Crippen LogP contribution in [-0.2, 0) is 16.6 Å². The molecule has 0 saturated carbocycles. The molecule has 1 aromatic heterocycles. The van der Waals surface area contributed by atoms with E-state index in [0.29, 0.717) is 16.3 Å². The summed E-state index contributed by atoms with van der Waals surface area (Å²) < 4.78 is 27.1. The van der Waals surface area contributed by atoms with Gasteiger partial charge in [-0.1, -0.05) is 17.7 Å². The van der Waals surface area contributed by atoms with Gasteiger partial charge >= 0.3 is 0 Å². The average Bonchev–Trinajstić information content (AvgIpc) is 2.41. The van der Waals surface area contributed by atoms with Crippen LogP contribution in [-0.4, -0.2) is 13.4 Å². The Bertz CT molecular complexity index is 732. The van der Waals surface area contributed by atoms with Gasteiger partial charge in [0.05, 0.1) is 10.6 Å². The van der Waals surface area contributed by atoms with E-state index in [2.05, 4.69) is 9.71 Å². The predicted octanol–water partition coefficient (Wildman–Crippen LogP) is 2.30. The van der Waals surface area contributed by atoms with Gasteiger partial charge in [-0.05, 0) is 36.2 Å². The first kappa shape index (κ1) is 14.8. The van der Waals surface area contributed by atoms with E-state index in [1.54, 1.807) is 25.3 Å². The minimum atomic E-state index is -3.69. The highest BCUT2D eigenvalue weighted by Crippen LogP contribution is 2.23. The van der Waals surface area contributed by atoms with Gasteiger partial charge in [-0.25, -0.2) is 8.42 Å². The topological polar surface area (TPSA) is 85.1 Å². The molecule has 0 spiro atoms. The van der Waals surface area contributed by atoms with Crippen LogP contribution in [0.2, 0.25) is 5.02 Å². The van der Waals surface area contributed by atoms with E-state index >= 15 is 0 Å². The Kier molecular flexibility index (Phi) is 4.27. The lowest BCUT2D eigenvalue weighted by molar-refractivity contribution is 0.601. The molecular formula is C13H14ClN3O2S. The molecule has 5 nitrogen and oxygen atoms in total. The monoisotopic (exact) mass is 311 g/mol. The molecule has 20 heavy (non-hydrogen) atoms. The number of halogens is 1. The van der Waals surface area contributed by atoms with Crippen LogP contribution in [0.3, 0.4) is 0 Å². The molecule has 2 rings (SSSR count). The number of rotatable bonds is 4. The summed E-state index contributed by atoms with van der Waals surface area (Å²) in [7, 11) is -3.69. The summed E-state index contributed by atoms with van der Waals surface area (Å²) in [6.07, 6.45) is 3.11. The van der Waals surface area contributed by atoms with Crippen molar-refractivity contribution in [1.82, 2.24) is 4.98 Å². The summed E-state index contributed by atoms with van der Waals surface area (Å²) in [5, 5.41) is 0.335. The summed E-state index contributed by atoms with van der Waals surface area (Å²) in [5.74, 6) is 0. The molecule has 0 unspecified atom stereocenters. The fraction of sp³-hybridized carbons (Fsp3) is 0.154. The molecule has 7 heteroatoms. The van der Waals surface area contributed by atoms with Crippen LogP contribution in [0, 0.1) is 6.92 Å². The Labute approximate surface area is 122 Å². The lowest BCUT2D eigenvalue weighted by atomic mass is 10.2. The molecule has 1 aromatic carbocycles. The fourth-order valence-corrected chi connectivity index (χ4v) is 3.13. The minimum absolute atomic E-state index is 0.0934. The first-order valence-corrected chi connectivity index (χ1v) is 7.72. The summed E-state index contributed by atoms with van der Waals surface area (Å²) in [5.41, 5.74) is 7.42. The summed E-state index contributed by atoms with van der Waals surface area (Å²) in [6, 6.07) is 6.08. The number of nitrogens with two attached hydrogens (primary N) is 1. The number of benzene rings is 1. The number of sulfonamides is 1. The normalized spacial score (nSPS) is 11.3. The molecule has 0 bridgehead atoms. The molecule has 0 aliphatic heterocycles. The first-order valence-electron chi connectivity index (χ1n) is 5.86. The highest BCUT2D eigenvalue weighted by atomic mass is 35.5. The number of hydrogen-bond acceptors (Lipinski definition) is 4. The van der Waals surface area contributed by atoms with E-state index in [1.165, 1.54) is 18.3 Å². The van der Waals surface area contributed by atoms with Crippen molar-refractivity contribution < 1.29 is 8.42 Å². The third-order valence-corrected chi connectivity index (χ3v) is 4.53. The van der Waals surface area contributed by atoms with Gasteiger partial charge < -0.3 is 5.73 Å². The Morgan fingerprint density at radius 2 is 2.10 bits per heavy atom. The van der Waals surface area contributed by atoms with Crippen LogP contribution >= 0.6 is 11.6 Å². The maximum atomic E-state index is 12.3. The van der Waals surface area contributed by atoms with E-state index in [4.69, 9.17) is 17.3 Å². The molecule has 0 radical (unpaired) electrons. The maximum absolute atomic E-state index is 12.3. The van der Waals surface area contributed by atoms with E-state index < -0.39 is 10.0 Å². The maximum Gasteiger partial charge on any atom is 0.261 e. The molecule has 0 saturated heterocycles. The number of nitrogens with one attached hydrogen (secondary N) is 1. The Morgan fingerprint density at radius 1 is 1.35 bits per heavy atom. The van der Waals surface area contributed by atoms with E-state index in [1.807, 2.05) is 0 Å². The number of nitrogens with zero attached hydrogens (tertiary/aromatic N) is 1. The SMILES string of the molecule is Cc1cnccc1NS(=O)(=O)c1ccc(CN)c(Cl)c1. The van der Waals surface area contributed by atoms with Gasteiger partial charge in [0.15, 0.2) is 0 Å². The molecule has 1 heterocycles. The quantitative estimate of drug-likeness (QED) is 0.907. The Morgan fingerprint density at radius 3 is 2.70 bits per heavy atom. The van der Waals surface area contributed by atoms with E-state index in [0.717, 1.165) is 5.56 Å². The van der Waals surface area contributed by atoms with Gasteiger partial charge in [0.25, 0.3) is 10.0 Å². The molecule has 0 fully saturated rings. The zero-order chi connectivity index (χ0) is 14.8. The van der Waals surface area contributed by atoms with Crippen molar-refractivity contribution in [1.29, 1.82) is 0 Å². The van der Waals surface area contributed by atoms with Crippen molar-refractivity contribution in [3.63, 3.8) is 0 Å².